The van der Waals surface area contributed by atoms with Gasteiger partial charge in [0.15, 0.2) is 0 Å². The molecule has 3 heteroatoms. The van der Waals surface area contributed by atoms with Crippen molar-refractivity contribution in [2.75, 3.05) is 11.5 Å². The van der Waals surface area contributed by atoms with Crippen LogP contribution >= 0.6 is 11.8 Å². The summed E-state index contributed by atoms with van der Waals surface area (Å²) in [5.74, 6) is 3.31. The molecule has 102 valence electrons. The van der Waals surface area contributed by atoms with Crippen LogP contribution in [0.3, 0.4) is 0 Å². The van der Waals surface area contributed by atoms with Crippen LogP contribution in [-0.4, -0.2) is 23.7 Å². The average Bonchev–Trinajstić information content (AvgIpc) is 2.35. The Morgan fingerprint density at radius 3 is 2.39 bits per heavy atom. The van der Waals surface area contributed by atoms with Crippen molar-refractivity contribution in [3.63, 3.8) is 0 Å². The summed E-state index contributed by atoms with van der Waals surface area (Å²) in [5.41, 5.74) is 1.31. The van der Waals surface area contributed by atoms with E-state index in [1.54, 1.807) is 0 Å². The minimum Gasteiger partial charge on any atom is -0.491 e. The van der Waals surface area contributed by atoms with Gasteiger partial charge in [0.1, 0.15) is 5.75 Å². The molecule has 0 spiro atoms. The molecule has 0 aliphatic carbocycles. The maximum Gasteiger partial charge on any atom is 0.119 e. The number of benzene rings is 1. The number of ether oxygens (including phenoxy) is 1. The van der Waals surface area contributed by atoms with Gasteiger partial charge in [-0.25, -0.2) is 0 Å². The van der Waals surface area contributed by atoms with Gasteiger partial charge < -0.3 is 10.1 Å². The van der Waals surface area contributed by atoms with E-state index in [-0.39, 0.29) is 6.10 Å². The van der Waals surface area contributed by atoms with E-state index in [1.807, 2.05) is 37.7 Å². The second kappa shape index (κ2) is 8.44. The number of rotatable bonds is 8. The van der Waals surface area contributed by atoms with Crippen molar-refractivity contribution in [3.8, 4) is 5.75 Å². The predicted molar refractivity (Wildman–Crippen MR) is 81.5 cm³/mol. The van der Waals surface area contributed by atoms with Crippen LogP contribution in [0.1, 0.15) is 33.3 Å². The highest BCUT2D eigenvalue weighted by molar-refractivity contribution is 7.99. The van der Waals surface area contributed by atoms with Gasteiger partial charge in [-0.2, -0.15) is 11.8 Å². The molecule has 1 aromatic carbocycles. The van der Waals surface area contributed by atoms with E-state index in [0.717, 1.165) is 12.3 Å². The molecule has 0 bridgehead atoms. The second-order valence-electron chi connectivity index (χ2n) is 4.75. The topological polar surface area (TPSA) is 21.3 Å². The van der Waals surface area contributed by atoms with Crippen molar-refractivity contribution in [3.05, 3.63) is 29.8 Å². The molecule has 18 heavy (non-hydrogen) atoms. The Morgan fingerprint density at radius 2 is 1.83 bits per heavy atom. The third kappa shape index (κ3) is 6.31. The zero-order valence-corrected chi connectivity index (χ0v) is 12.7. The van der Waals surface area contributed by atoms with Crippen molar-refractivity contribution < 1.29 is 4.74 Å². The lowest BCUT2D eigenvalue weighted by Crippen LogP contribution is -2.27. The largest absolute Gasteiger partial charge is 0.491 e. The molecule has 0 fully saturated rings. The van der Waals surface area contributed by atoms with E-state index >= 15 is 0 Å². The fourth-order valence-corrected chi connectivity index (χ4v) is 2.31. The van der Waals surface area contributed by atoms with Gasteiger partial charge in [0.25, 0.3) is 0 Å². The van der Waals surface area contributed by atoms with Crippen LogP contribution in [0.25, 0.3) is 0 Å². The van der Waals surface area contributed by atoms with Gasteiger partial charge >= 0.3 is 0 Å². The molecule has 2 nitrogen and oxygen atoms in total. The molecule has 0 amide bonds. The lowest BCUT2D eigenvalue weighted by atomic mass is 10.2. The highest BCUT2D eigenvalue weighted by Gasteiger charge is 2.02. The van der Waals surface area contributed by atoms with Gasteiger partial charge in [0, 0.05) is 18.3 Å². The average molecular weight is 267 g/mol. The van der Waals surface area contributed by atoms with Gasteiger partial charge in [0.2, 0.25) is 0 Å². The number of thioether (sulfide) groups is 1. The third-order valence-electron chi connectivity index (χ3n) is 2.52. The van der Waals surface area contributed by atoms with Crippen LogP contribution < -0.4 is 10.1 Å². The van der Waals surface area contributed by atoms with E-state index in [2.05, 4.69) is 31.3 Å². The molecule has 0 saturated heterocycles. The summed E-state index contributed by atoms with van der Waals surface area (Å²) in [7, 11) is 0. The van der Waals surface area contributed by atoms with Crippen LogP contribution in [0.15, 0.2) is 24.3 Å². The van der Waals surface area contributed by atoms with Crippen molar-refractivity contribution >= 4 is 11.8 Å². The lowest BCUT2D eigenvalue weighted by molar-refractivity contribution is 0.242. The summed E-state index contributed by atoms with van der Waals surface area (Å²) >= 11 is 1.98. The zero-order valence-electron chi connectivity index (χ0n) is 11.9. The van der Waals surface area contributed by atoms with Crippen molar-refractivity contribution in [1.29, 1.82) is 0 Å². The van der Waals surface area contributed by atoms with Crippen LogP contribution in [0.2, 0.25) is 0 Å². The highest BCUT2D eigenvalue weighted by atomic mass is 32.2. The van der Waals surface area contributed by atoms with E-state index in [9.17, 15) is 0 Å². The summed E-state index contributed by atoms with van der Waals surface area (Å²) in [6, 6.07) is 8.90. The van der Waals surface area contributed by atoms with E-state index in [4.69, 9.17) is 4.74 Å². The number of hydrogen-bond donors (Lipinski definition) is 1. The molecular formula is C15H25NOS. The molecule has 1 N–H and O–H groups in total. The van der Waals surface area contributed by atoms with Crippen LogP contribution in [0.5, 0.6) is 5.75 Å². The second-order valence-corrected chi connectivity index (χ2v) is 6.07. The van der Waals surface area contributed by atoms with E-state index in [0.29, 0.717) is 6.04 Å². The zero-order chi connectivity index (χ0) is 13.4. The van der Waals surface area contributed by atoms with Crippen molar-refractivity contribution in [1.82, 2.24) is 5.32 Å². The molecule has 0 heterocycles. The summed E-state index contributed by atoms with van der Waals surface area (Å²) in [6.07, 6.45) is 0.236. The summed E-state index contributed by atoms with van der Waals surface area (Å²) in [4.78, 5) is 0. The van der Waals surface area contributed by atoms with Crippen LogP contribution in [0.4, 0.5) is 0 Å². The molecule has 1 rings (SSSR count). The molecule has 0 aliphatic heterocycles. The fraction of sp³-hybridized carbons (Fsp3) is 0.600. The Bertz CT molecular complexity index is 324. The maximum absolute atomic E-state index is 5.62. The Hall–Kier alpha value is -0.670. The highest BCUT2D eigenvalue weighted by Crippen LogP contribution is 2.14. The van der Waals surface area contributed by atoms with Crippen molar-refractivity contribution in [2.24, 2.45) is 0 Å². The van der Waals surface area contributed by atoms with E-state index < -0.39 is 0 Å². The summed E-state index contributed by atoms with van der Waals surface area (Å²) < 4.78 is 5.62. The van der Waals surface area contributed by atoms with Crippen LogP contribution in [-0.2, 0) is 6.54 Å². The van der Waals surface area contributed by atoms with Gasteiger partial charge in [-0.1, -0.05) is 19.1 Å². The quantitative estimate of drug-likeness (QED) is 0.776. The van der Waals surface area contributed by atoms with Gasteiger partial charge in [-0.3, -0.25) is 0 Å². The molecular weight excluding hydrogens is 242 g/mol. The molecule has 0 radical (unpaired) electrons. The monoisotopic (exact) mass is 267 g/mol. The summed E-state index contributed by atoms with van der Waals surface area (Å²) in [5, 5.41) is 3.53. The molecule has 0 saturated carbocycles. The summed E-state index contributed by atoms with van der Waals surface area (Å²) in [6.45, 7) is 9.45. The van der Waals surface area contributed by atoms with Crippen LogP contribution in [0, 0.1) is 0 Å². The molecule has 1 atom stereocenters. The molecule has 0 aliphatic rings. The normalized spacial score (nSPS) is 12.7. The third-order valence-corrected chi connectivity index (χ3v) is 3.67. The minimum absolute atomic E-state index is 0.236. The minimum atomic E-state index is 0.236. The van der Waals surface area contributed by atoms with Gasteiger partial charge in [-0.05, 0) is 44.2 Å². The van der Waals surface area contributed by atoms with E-state index in [1.165, 1.54) is 17.1 Å². The molecule has 1 aromatic rings. The Labute approximate surface area is 116 Å². The molecule has 1 unspecified atom stereocenters. The van der Waals surface area contributed by atoms with Gasteiger partial charge in [-0.15, -0.1) is 0 Å². The predicted octanol–water partition coefficient (Wildman–Crippen LogP) is 3.71. The first-order valence-electron chi connectivity index (χ1n) is 6.68. The molecule has 0 aromatic heterocycles. The number of nitrogens with one attached hydrogen (secondary N) is 1. The Morgan fingerprint density at radius 1 is 1.17 bits per heavy atom. The fourth-order valence-electron chi connectivity index (χ4n) is 1.60. The van der Waals surface area contributed by atoms with Crippen molar-refractivity contribution in [2.45, 2.75) is 46.4 Å². The first-order chi connectivity index (χ1) is 8.61. The smallest absolute Gasteiger partial charge is 0.119 e. The Balaban J connectivity index is 2.34. The number of hydrogen-bond acceptors (Lipinski definition) is 3. The first-order valence-corrected chi connectivity index (χ1v) is 7.84. The Kier molecular flexibility index (Phi) is 7.21. The van der Waals surface area contributed by atoms with Gasteiger partial charge in [0.05, 0.1) is 6.10 Å². The first kappa shape index (κ1) is 15.4. The lowest BCUT2D eigenvalue weighted by Gasteiger charge is -2.14. The standard InChI is InChI=1S/C15H25NOS/c1-5-18-11-13(4)16-10-14-6-8-15(9-7-14)17-12(2)3/h6-9,12-13,16H,5,10-11H2,1-4H3. The maximum atomic E-state index is 5.62. The SMILES string of the molecule is CCSCC(C)NCc1ccc(OC(C)C)cc1.